The van der Waals surface area contributed by atoms with E-state index in [1.54, 1.807) is 0 Å². The van der Waals surface area contributed by atoms with Gasteiger partial charge in [-0.3, -0.25) is 9.25 Å². The molecule has 5 heteroatoms. The van der Waals surface area contributed by atoms with Gasteiger partial charge in [0.2, 0.25) is 0 Å². The molecule has 0 aliphatic heterocycles. The zero-order valence-electron chi connectivity index (χ0n) is 11.9. The lowest BCUT2D eigenvalue weighted by Crippen LogP contribution is -2.12. The van der Waals surface area contributed by atoms with Gasteiger partial charge in [0.25, 0.3) is 0 Å². The maximum atomic E-state index is 5.53. The fraction of sp³-hybridized carbons (Fsp3) is 0.333. The highest BCUT2D eigenvalue weighted by atomic mass is 32.1. The standard InChI is InChI=1S/C15H18N4S/c1-4-12(11-8-6-5-7-9-11)19-14-13(16-15(19)20)10(2)17-18(14)3/h5-9,12H,4H2,1-3H3,(H,16,20). The number of nitrogens with zero attached hydrogens (tertiary/aromatic N) is 3. The molecule has 0 spiro atoms. The summed E-state index contributed by atoms with van der Waals surface area (Å²) in [5.74, 6) is 0. The van der Waals surface area contributed by atoms with Crippen molar-refractivity contribution >= 4 is 23.4 Å². The molecule has 2 heterocycles. The van der Waals surface area contributed by atoms with Gasteiger partial charge in [0.1, 0.15) is 5.52 Å². The molecule has 104 valence electrons. The van der Waals surface area contributed by atoms with Crippen LogP contribution in [0.25, 0.3) is 11.2 Å². The van der Waals surface area contributed by atoms with Crippen LogP contribution >= 0.6 is 12.2 Å². The predicted octanol–water partition coefficient (Wildman–Crippen LogP) is 3.74. The number of fused-ring (bicyclic) bond motifs is 1. The summed E-state index contributed by atoms with van der Waals surface area (Å²) in [6, 6.07) is 10.7. The summed E-state index contributed by atoms with van der Waals surface area (Å²) in [5.41, 5.74) is 4.34. The third-order valence-corrected chi connectivity index (χ3v) is 4.05. The van der Waals surface area contributed by atoms with Crippen LogP contribution in [0.1, 0.15) is 30.6 Å². The zero-order chi connectivity index (χ0) is 14.3. The van der Waals surface area contributed by atoms with Crippen molar-refractivity contribution in [2.45, 2.75) is 26.3 Å². The van der Waals surface area contributed by atoms with Gasteiger partial charge < -0.3 is 4.98 Å². The first kappa shape index (κ1) is 13.1. The Balaban J connectivity index is 2.27. The molecule has 0 saturated heterocycles. The second-order valence-electron chi connectivity index (χ2n) is 5.04. The van der Waals surface area contributed by atoms with Crippen molar-refractivity contribution < 1.29 is 0 Å². The van der Waals surface area contributed by atoms with Crippen LogP contribution in [0.15, 0.2) is 30.3 Å². The van der Waals surface area contributed by atoms with Crippen molar-refractivity contribution in [3.05, 3.63) is 46.4 Å². The Morgan fingerprint density at radius 1 is 1.30 bits per heavy atom. The molecule has 0 aliphatic carbocycles. The summed E-state index contributed by atoms with van der Waals surface area (Å²) in [7, 11) is 1.96. The Bertz CT molecular complexity index is 794. The number of benzene rings is 1. The topological polar surface area (TPSA) is 38.5 Å². The Kier molecular flexibility index (Phi) is 3.22. The first-order chi connectivity index (χ1) is 9.63. The van der Waals surface area contributed by atoms with Gasteiger partial charge in [-0.1, -0.05) is 37.3 Å². The highest BCUT2D eigenvalue weighted by Gasteiger charge is 2.19. The second-order valence-corrected chi connectivity index (χ2v) is 5.43. The molecule has 0 aliphatic rings. The van der Waals surface area contributed by atoms with Gasteiger partial charge in [0.05, 0.1) is 11.7 Å². The van der Waals surface area contributed by atoms with E-state index in [9.17, 15) is 0 Å². The van der Waals surface area contributed by atoms with E-state index < -0.39 is 0 Å². The van der Waals surface area contributed by atoms with Crippen molar-refractivity contribution in [1.82, 2.24) is 19.3 Å². The fourth-order valence-electron chi connectivity index (χ4n) is 2.86. The number of aryl methyl sites for hydroxylation is 2. The average molecular weight is 286 g/mol. The first-order valence-electron chi connectivity index (χ1n) is 6.82. The number of aromatic nitrogens is 4. The van der Waals surface area contributed by atoms with Crippen LogP contribution in [0, 0.1) is 11.7 Å². The van der Waals surface area contributed by atoms with E-state index in [1.807, 2.05) is 24.7 Å². The largest absolute Gasteiger partial charge is 0.328 e. The van der Waals surface area contributed by atoms with E-state index in [0.29, 0.717) is 0 Å². The monoisotopic (exact) mass is 286 g/mol. The van der Waals surface area contributed by atoms with Gasteiger partial charge in [-0.2, -0.15) is 5.10 Å². The second kappa shape index (κ2) is 4.90. The van der Waals surface area contributed by atoms with Crippen molar-refractivity contribution in [2.75, 3.05) is 0 Å². The molecule has 1 atom stereocenters. The van der Waals surface area contributed by atoms with Crippen LogP contribution in [-0.4, -0.2) is 19.3 Å². The van der Waals surface area contributed by atoms with Gasteiger partial charge in [0, 0.05) is 7.05 Å². The van der Waals surface area contributed by atoms with E-state index in [4.69, 9.17) is 12.2 Å². The number of imidazole rings is 1. The van der Waals surface area contributed by atoms with E-state index in [-0.39, 0.29) is 6.04 Å². The maximum Gasteiger partial charge on any atom is 0.179 e. The van der Waals surface area contributed by atoms with Crippen molar-refractivity contribution in [3.8, 4) is 0 Å². The summed E-state index contributed by atoms with van der Waals surface area (Å²) < 4.78 is 4.84. The number of hydrogen-bond donors (Lipinski definition) is 1. The Hall–Kier alpha value is -1.88. The average Bonchev–Trinajstić information content (AvgIpc) is 2.91. The molecule has 1 aromatic carbocycles. The molecule has 3 rings (SSSR count). The van der Waals surface area contributed by atoms with E-state index in [2.05, 4.69) is 45.8 Å². The molecule has 0 amide bonds. The Morgan fingerprint density at radius 3 is 2.65 bits per heavy atom. The lowest BCUT2D eigenvalue weighted by atomic mass is 10.0. The highest BCUT2D eigenvalue weighted by molar-refractivity contribution is 7.71. The summed E-state index contributed by atoms with van der Waals surface area (Å²) in [6.07, 6.45) is 0.982. The summed E-state index contributed by atoms with van der Waals surface area (Å²) >= 11 is 5.53. The number of H-pyrrole nitrogens is 1. The molecule has 1 N–H and O–H groups in total. The Labute approximate surface area is 123 Å². The summed E-state index contributed by atoms with van der Waals surface area (Å²) in [5, 5.41) is 4.48. The normalized spacial score (nSPS) is 12.9. The third kappa shape index (κ3) is 1.89. The fourth-order valence-corrected chi connectivity index (χ4v) is 3.18. The van der Waals surface area contributed by atoms with Crippen LogP contribution in [0.4, 0.5) is 0 Å². The smallest absolute Gasteiger partial charge is 0.179 e. The number of aromatic amines is 1. The van der Waals surface area contributed by atoms with E-state index in [0.717, 1.165) is 28.0 Å². The first-order valence-corrected chi connectivity index (χ1v) is 7.23. The molecule has 4 nitrogen and oxygen atoms in total. The van der Waals surface area contributed by atoms with Gasteiger partial charge in [-0.25, -0.2) is 0 Å². The molecular formula is C15H18N4S. The predicted molar refractivity (Wildman–Crippen MR) is 83.5 cm³/mol. The number of hydrogen-bond acceptors (Lipinski definition) is 2. The molecule has 3 aromatic rings. The molecule has 20 heavy (non-hydrogen) atoms. The van der Waals surface area contributed by atoms with E-state index in [1.165, 1.54) is 5.56 Å². The van der Waals surface area contributed by atoms with Gasteiger partial charge in [0.15, 0.2) is 10.4 Å². The zero-order valence-corrected chi connectivity index (χ0v) is 12.7. The molecule has 1 unspecified atom stereocenters. The van der Waals surface area contributed by atoms with Crippen LogP contribution in [0.3, 0.4) is 0 Å². The molecule has 0 radical (unpaired) electrons. The lowest BCUT2D eigenvalue weighted by molar-refractivity contribution is 0.559. The van der Waals surface area contributed by atoms with Crippen molar-refractivity contribution in [2.24, 2.45) is 7.05 Å². The molecule has 2 aromatic heterocycles. The van der Waals surface area contributed by atoms with Gasteiger partial charge in [-0.15, -0.1) is 0 Å². The number of nitrogens with one attached hydrogen (secondary N) is 1. The highest BCUT2D eigenvalue weighted by Crippen LogP contribution is 2.27. The summed E-state index contributed by atoms with van der Waals surface area (Å²) in [4.78, 5) is 3.30. The SMILES string of the molecule is CCC(c1ccccc1)n1c(=S)[nH]c2c(C)nn(C)c21. The molecular weight excluding hydrogens is 268 g/mol. The molecule has 0 fully saturated rings. The minimum atomic E-state index is 0.229. The maximum absolute atomic E-state index is 5.53. The minimum absolute atomic E-state index is 0.229. The quantitative estimate of drug-likeness (QED) is 0.745. The van der Waals surface area contributed by atoms with Crippen LogP contribution in [-0.2, 0) is 7.05 Å². The number of rotatable bonds is 3. The third-order valence-electron chi connectivity index (χ3n) is 3.75. The van der Waals surface area contributed by atoms with Gasteiger partial charge in [-0.05, 0) is 31.1 Å². The van der Waals surface area contributed by atoms with Crippen LogP contribution in [0.2, 0.25) is 0 Å². The van der Waals surface area contributed by atoms with Crippen molar-refractivity contribution in [1.29, 1.82) is 0 Å². The van der Waals surface area contributed by atoms with Gasteiger partial charge >= 0.3 is 0 Å². The van der Waals surface area contributed by atoms with Crippen LogP contribution < -0.4 is 0 Å². The lowest BCUT2D eigenvalue weighted by Gasteiger charge is -2.18. The van der Waals surface area contributed by atoms with E-state index >= 15 is 0 Å². The molecule has 0 saturated carbocycles. The van der Waals surface area contributed by atoms with Crippen molar-refractivity contribution in [3.63, 3.8) is 0 Å². The summed E-state index contributed by atoms with van der Waals surface area (Å²) in [6.45, 7) is 4.18. The Morgan fingerprint density at radius 2 is 2.00 bits per heavy atom. The van der Waals surface area contributed by atoms with Crippen LogP contribution in [0.5, 0.6) is 0 Å². The minimum Gasteiger partial charge on any atom is -0.328 e. The molecule has 0 bridgehead atoms.